The maximum atomic E-state index is 12.4. The average molecular weight is 353 g/mol. The molecule has 2 rings (SSSR count). The summed E-state index contributed by atoms with van der Waals surface area (Å²) in [5.74, 6) is 0.823. The Balaban J connectivity index is 1.94. The molecule has 1 fully saturated rings. The Hall–Kier alpha value is -1.40. The molecule has 2 heterocycles. The molecular weight excluding hydrogens is 324 g/mol. The van der Waals surface area contributed by atoms with Crippen molar-refractivity contribution in [2.24, 2.45) is 11.8 Å². The van der Waals surface area contributed by atoms with Crippen molar-refractivity contribution in [1.29, 1.82) is 0 Å². The third-order valence-corrected chi connectivity index (χ3v) is 5.69. The van der Waals surface area contributed by atoms with E-state index in [2.05, 4.69) is 42.6 Å². The number of methoxy groups -OCH3 is 1. The van der Waals surface area contributed by atoms with Gasteiger partial charge in [0.25, 0.3) is 5.91 Å². The number of ether oxygens (including phenoxy) is 1. The molecule has 1 saturated heterocycles. The first-order valence-electron chi connectivity index (χ1n) is 8.44. The number of piperidine rings is 1. The van der Waals surface area contributed by atoms with Gasteiger partial charge in [-0.05, 0) is 44.2 Å². The molecule has 2 unspecified atom stereocenters. The monoisotopic (exact) mass is 352 g/mol. The van der Waals surface area contributed by atoms with E-state index in [0.29, 0.717) is 28.1 Å². The SMILES string of the molecule is COC(=O)c1ccc(C(=O)NCC(C)(C)N2CC(C)CC(C)C2)s1. The highest BCUT2D eigenvalue weighted by atomic mass is 32.1. The third-order valence-electron chi connectivity index (χ3n) is 4.62. The lowest BCUT2D eigenvalue weighted by Gasteiger charge is -2.45. The van der Waals surface area contributed by atoms with E-state index in [4.69, 9.17) is 0 Å². The van der Waals surface area contributed by atoms with Crippen LogP contribution in [0.5, 0.6) is 0 Å². The molecule has 5 nitrogen and oxygen atoms in total. The van der Waals surface area contributed by atoms with E-state index in [1.54, 1.807) is 12.1 Å². The van der Waals surface area contributed by atoms with Gasteiger partial charge in [0.15, 0.2) is 0 Å². The molecule has 1 N–H and O–H groups in total. The minimum atomic E-state index is -0.407. The number of likely N-dealkylation sites (tertiary alicyclic amines) is 1. The van der Waals surface area contributed by atoms with Gasteiger partial charge in [-0.15, -0.1) is 11.3 Å². The maximum Gasteiger partial charge on any atom is 0.348 e. The fourth-order valence-electron chi connectivity index (χ4n) is 3.32. The largest absolute Gasteiger partial charge is 0.465 e. The number of esters is 1. The van der Waals surface area contributed by atoms with Crippen molar-refractivity contribution in [3.8, 4) is 0 Å². The molecule has 1 amide bonds. The van der Waals surface area contributed by atoms with Crippen molar-refractivity contribution in [2.75, 3.05) is 26.7 Å². The molecule has 1 aromatic rings. The van der Waals surface area contributed by atoms with Crippen LogP contribution in [0.4, 0.5) is 0 Å². The number of hydrogen-bond donors (Lipinski definition) is 1. The first kappa shape index (κ1) is 18.9. The molecule has 2 atom stereocenters. The summed E-state index contributed by atoms with van der Waals surface area (Å²) in [7, 11) is 1.34. The molecule has 0 bridgehead atoms. The van der Waals surface area contributed by atoms with Crippen LogP contribution < -0.4 is 5.32 Å². The van der Waals surface area contributed by atoms with Crippen LogP contribution in [0.1, 0.15) is 53.5 Å². The van der Waals surface area contributed by atoms with Gasteiger partial charge in [-0.2, -0.15) is 0 Å². The summed E-state index contributed by atoms with van der Waals surface area (Å²) in [6.07, 6.45) is 1.27. The minimum Gasteiger partial charge on any atom is -0.465 e. The predicted molar refractivity (Wildman–Crippen MR) is 96.6 cm³/mol. The highest BCUT2D eigenvalue weighted by molar-refractivity contribution is 7.15. The molecule has 1 aromatic heterocycles. The lowest BCUT2D eigenvalue weighted by molar-refractivity contribution is 0.0445. The summed E-state index contributed by atoms with van der Waals surface area (Å²) in [6, 6.07) is 3.30. The lowest BCUT2D eigenvalue weighted by Crippen LogP contribution is -2.56. The number of nitrogens with one attached hydrogen (secondary N) is 1. The van der Waals surface area contributed by atoms with Gasteiger partial charge in [-0.3, -0.25) is 9.69 Å². The van der Waals surface area contributed by atoms with Crippen molar-refractivity contribution in [1.82, 2.24) is 10.2 Å². The van der Waals surface area contributed by atoms with Crippen molar-refractivity contribution >= 4 is 23.2 Å². The van der Waals surface area contributed by atoms with Gasteiger partial charge in [-0.25, -0.2) is 4.79 Å². The number of thiophene rings is 1. The molecule has 1 aliphatic rings. The normalized spacial score (nSPS) is 22.2. The molecule has 0 radical (unpaired) electrons. The lowest BCUT2D eigenvalue weighted by atomic mass is 9.88. The van der Waals surface area contributed by atoms with Crippen LogP contribution in [0, 0.1) is 11.8 Å². The fourth-order valence-corrected chi connectivity index (χ4v) is 4.16. The van der Waals surface area contributed by atoms with Crippen LogP contribution in [0.2, 0.25) is 0 Å². The Kier molecular flexibility index (Phi) is 6.04. The highest BCUT2D eigenvalue weighted by Crippen LogP contribution is 2.27. The van der Waals surface area contributed by atoms with Crippen LogP contribution in [0.15, 0.2) is 12.1 Å². The standard InChI is InChI=1S/C18H28N2O3S/c1-12-8-13(2)10-20(9-12)18(3,4)11-19-16(21)14-6-7-15(24-14)17(22)23-5/h6-7,12-13H,8-11H2,1-5H3,(H,19,21). The Bertz CT molecular complexity index is 587. The van der Waals surface area contributed by atoms with Crippen molar-refractivity contribution < 1.29 is 14.3 Å². The van der Waals surface area contributed by atoms with Gasteiger partial charge in [0.2, 0.25) is 0 Å². The average Bonchev–Trinajstić information content (AvgIpc) is 3.01. The van der Waals surface area contributed by atoms with Gasteiger partial charge in [-0.1, -0.05) is 13.8 Å². The van der Waals surface area contributed by atoms with E-state index in [1.165, 1.54) is 13.5 Å². The molecule has 0 aliphatic carbocycles. The Labute approximate surface area is 148 Å². The second-order valence-corrected chi connectivity index (χ2v) is 8.59. The van der Waals surface area contributed by atoms with Crippen molar-refractivity contribution in [3.05, 3.63) is 21.9 Å². The zero-order valence-electron chi connectivity index (χ0n) is 15.2. The maximum absolute atomic E-state index is 12.4. The number of rotatable bonds is 5. The van der Waals surface area contributed by atoms with Crippen LogP contribution in [-0.2, 0) is 4.74 Å². The molecular formula is C18H28N2O3S. The van der Waals surface area contributed by atoms with E-state index < -0.39 is 5.97 Å². The summed E-state index contributed by atoms with van der Waals surface area (Å²) in [5.41, 5.74) is -0.0962. The van der Waals surface area contributed by atoms with Crippen LogP contribution in [0.3, 0.4) is 0 Å². The minimum absolute atomic E-state index is 0.0962. The molecule has 0 saturated carbocycles. The highest BCUT2D eigenvalue weighted by Gasteiger charge is 2.33. The first-order valence-corrected chi connectivity index (χ1v) is 9.26. The van der Waals surface area contributed by atoms with E-state index >= 15 is 0 Å². The molecule has 6 heteroatoms. The van der Waals surface area contributed by atoms with Crippen LogP contribution in [0.25, 0.3) is 0 Å². The summed E-state index contributed by atoms with van der Waals surface area (Å²) in [6.45, 7) is 11.6. The van der Waals surface area contributed by atoms with Gasteiger partial charge < -0.3 is 10.1 Å². The van der Waals surface area contributed by atoms with Gasteiger partial charge in [0, 0.05) is 25.2 Å². The Morgan fingerprint density at radius 2 is 1.83 bits per heavy atom. The Morgan fingerprint density at radius 3 is 2.42 bits per heavy atom. The van der Waals surface area contributed by atoms with Crippen LogP contribution >= 0.6 is 11.3 Å². The molecule has 0 aromatic carbocycles. The molecule has 1 aliphatic heterocycles. The zero-order chi connectivity index (χ0) is 17.9. The fraction of sp³-hybridized carbons (Fsp3) is 0.667. The number of amides is 1. The van der Waals surface area contributed by atoms with E-state index in [9.17, 15) is 9.59 Å². The Morgan fingerprint density at radius 1 is 1.25 bits per heavy atom. The zero-order valence-corrected chi connectivity index (χ0v) is 16.0. The van der Waals surface area contributed by atoms with Crippen molar-refractivity contribution in [2.45, 2.75) is 39.7 Å². The second-order valence-electron chi connectivity index (χ2n) is 7.50. The van der Waals surface area contributed by atoms with E-state index in [1.807, 2.05) is 0 Å². The van der Waals surface area contributed by atoms with Gasteiger partial charge in [0.1, 0.15) is 4.88 Å². The van der Waals surface area contributed by atoms with Crippen LogP contribution in [-0.4, -0.2) is 49.1 Å². The van der Waals surface area contributed by atoms with Gasteiger partial charge >= 0.3 is 5.97 Å². The van der Waals surface area contributed by atoms with Gasteiger partial charge in [0.05, 0.1) is 12.0 Å². The quantitative estimate of drug-likeness (QED) is 0.828. The number of carbonyl (C=O) groups is 2. The number of hydrogen-bond acceptors (Lipinski definition) is 5. The summed E-state index contributed by atoms with van der Waals surface area (Å²) < 4.78 is 4.68. The summed E-state index contributed by atoms with van der Waals surface area (Å²) >= 11 is 1.16. The third kappa shape index (κ3) is 4.57. The van der Waals surface area contributed by atoms with E-state index in [-0.39, 0.29) is 11.4 Å². The molecule has 0 spiro atoms. The molecule has 24 heavy (non-hydrogen) atoms. The van der Waals surface area contributed by atoms with E-state index in [0.717, 1.165) is 24.4 Å². The molecule has 134 valence electrons. The van der Waals surface area contributed by atoms with Crippen molar-refractivity contribution in [3.63, 3.8) is 0 Å². The smallest absolute Gasteiger partial charge is 0.348 e. The summed E-state index contributed by atoms with van der Waals surface area (Å²) in [4.78, 5) is 27.3. The summed E-state index contributed by atoms with van der Waals surface area (Å²) in [5, 5.41) is 3.01. The number of nitrogens with zero attached hydrogens (tertiary/aromatic N) is 1. The first-order chi connectivity index (χ1) is 11.2. The predicted octanol–water partition coefficient (Wildman–Crippen LogP) is 3.02. The second kappa shape index (κ2) is 7.66. The number of carbonyl (C=O) groups excluding carboxylic acids is 2. The topological polar surface area (TPSA) is 58.6 Å².